The Morgan fingerprint density at radius 1 is 1.27 bits per heavy atom. The van der Waals surface area contributed by atoms with Crippen molar-refractivity contribution in [2.45, 2.75) is 6.18 Å². The van der Waals surface area contributed by atoms with Crippen LogP contribution in [0.15, 0.2) is 24.3 Å². The van der Waals surface area contributed by atoms with Crippen molar-refractivity contribution >= 4 is 17.7 Å². The summed E-state index contributed by atoms with van der Waals surface area (Å²) < 4.78 is 49.4. The van der Waals surface area contributed by atoms with Gasteiger partial charge in [-0.15, -0.1) is 11.6 Å². The molecule has 0 fully saturated rings. The van der Waals surface area contributed by atoms with Gasteiger partial charge < -0.3 is 0 Å². The summed E-state index contributed by atoms with van der Waals surface area (Å²) in [6, 6.07) is 2.73. The highest BCUT2D eigenvalue weighted by atomic mass is 35.5. The number of hydrogen-bond acceptors (Lipinski definition) is 0. The smallest absolute Gasteiger partial charge is 0.206 e. The van der Waals surface area contributed by atoms with Gasteiger partial charge in [0.25, 0.3) is 0 Å². The van der Waals surface area contributed by atoms with Crippen molar-refractivity contribution in [1.29, 1.82) is 0 Å². The Kier molecular flexibility index (Phi) is 3.74. The molecule has 15 heavy (non-hydrogen) atoms. The van der Waals surface area contributed by atoms with Crippen LogP contribution >= 0.6 is 11.6 Å². The predicted octanol–water partition coefficient (Wildman–Crippen LogP) is 4.10. The average molecular weight is 239 g/mol. The van der Waals surface area contributed by atoms with E-state index in [4.69, 9.17) is 11.6 Å². The molecule has 0 aliphatic rings. The zero-order valence-electron chi connectivity index (χ0n) is 7.48. The van der Waals surface area contributed by atoms with E-state index in [0.717, 1.165) is 6.07 Å². The van der Waals surface area contributed by atoms with Crippen LogP contribution in [0.4, 0.5) is 17.6 Å². The number of allylic oxidation sites excluding steroid dienone is 1. The van der Waals surface area contributed by atoms with Crippen LogP contribution in [0, 0.1) is 5.82 Å². The number of alkyl halides is 4. The van der Waals surface area contributed by atoms with E-state index in [-0.39, 0.29) is 5.88 Å². The largest absolute Gasteiger partial charge is 0.419 e. The molecule has 0 spiro atoms. The lowest BCUT2D eigenvalue weighted by atomic mass is 10.1. The first kappa shape index (κ1) is 12.0. The maximum atomic E-state index is 13.0. The molecule has 1 aromatic rings. The van der Waals surface area contributed by atoms with Crippen LogP contribution in [-0.4, -0.2) is 5.88 Å². The van der Waals surface area contributed by atoms with Gasteiger partial charge in [-0.1, -0.05) is 18.2 Å². The Morgan fingerprint density at radius 2 is 1.93 bits per heavy atom. The summed E-state index contributed by atoms with van der Waals surface area (Å²) in [4.78, 5) is 0. The Bertz CT molecular complexity index is 368. The lowest BCUT2D eigenvalue weighted by Gasteiger charge is -2.07. The molecule has 1 rings (SSSR count). The fraction of sp³-hybridized carbons (Fsp3) is 0.200. The molecule has 0 saturated carbocycles. The maximum absolute atomic E-state index is 13.0. The number of halogens is 5. The van der Waals surface area contributed by atoms with Gasteiger partial charge in [-0.25, -0.2) is 4.39 Å². The lowest BCUT2D eigenvalue weighted by Crippen LogP contribution is -2.07. The van der Waals surface area contributed by atoms with Crippen molar-refractivity contribution in [3.8, 4) is 0 Å². The van der Waals surface area contributed by atoms with Crippen molar-refractivity contribution in [3.05, 3.63) is 41.2 Å². The molecule has 0 atom stereocenters. The molecule has 82 valence electrons. The zero-order chi connectivity index (χ0) is 11.5. The van der Waals surface area contributed by atoms with Gasteiger partial charge in [-0.05, 0) is 17.7 Å². The molecule has 0 saturated heterocycles. The Balaban J connectivity index is 3.04. The first-order valence-electron chi connectivity index (χ1n) is 4.04. The number of benzene rings is 1. The molecule has 0 aliphatic carbocycles. The quantitative estimate of drug-likeness (QED) is 0.538. The van der Waals surface area contributed by atoms with E-state index in [9.17, 15) is 17.6 Å². The van der Waals surface area contributed by atoms with E-state index in [2.05, 4.69) is 0 Å². The normalized spacial score (nSPS) is 12.3. The van der Waals surface area contributed by atoms with Crippen molar-refractivity contribution in [1.82, 2.24) is 0 Å². The molecule has 0 heterocycles. The molecule has 0 N–H and O–H groups in total. The van der Waals surface area contributed by atoms with Crippen LogP contribution in [0.1, 0.15) is 11.1 Å². The summed E-state index contributed by atoms with van der Waals surface area (Å²) >= 11 is 5.33. The third-order valence-electron chi connectivity index (χ3n) is 1.70. The summed E-state index contributed by atoms with van der Waals surface area (Å²) in [5.41, 5.74) is -0.910. The second-order valence-electron chi connectivity index (χ2n) is 2.79. The van der Waals surface area contributed by atoms with Crippen LogP contribution in [-0.2, 0) is 6.18 Å². The van der Waals surface area contributed by atoms with E-state index in [1.54, 1.807) is 0 Å². The van der Waals surface area contributed by atoms with Crippen molar-refractivity contribution in [2.75, 3.05) is 5.88 Å². The monoisotopic (exact) mass is 238 g/mol. The Morgan fingerprint density at radius 3 is 2.40 bits per heavy atom. The van der Waals surface area contributed by atoms with Gasteiger partial charge in [0.1, 0.15) is 5.82 Å². The van der Waals surface area contributed by atoms with Gasteiger partial charge >= 0.3 is 6.18 Å². The summed E-state index contributed by atoms with van der Waals surface area (Å²) in [7, 11) is 0. The van der Waals surface area contributed by atoms with Crippen molar-refractivity contribution < 1.29 is 17.6 Å². The Hall–Kier alpha value is -1.03. The predicted molar refractivity (Wildman–Crippen MR) is 51.2 cm³/mol. The van der Waals surface area contributed by atoms with Gasteiger partial charge in [-0.2, -0.15) is 13.2 Å². The molecule has 0 radical (unpaired) electrons. The third-order valence-corrected chi connectivity index (χ3v) is 1.88. The highest BCUT2D eigenvalue weighted by Gasteiger charge is 2.33. The fourth-order valence-electron chi connectivity index (χ4n) is 1.05. The zero-order valence-corrected chi connectivity index (χ0v) is 8.24. The first-order valence-corrected chi connectivity index (χ1v) is 4.58. The van der Waals surface area contributed by atoms with E-state index in [0.29, 0.717) is 11.6 Å². The molecule has 0 aromatic heterocycles. The molecular weight excluding hydrogens is 232 g/mol. The van der Waals surface area contributed by atoms with Gasteiger partial charge in [0.15, 0.2) is 0 Å². The maximum Gasteiger partial charge on any atom is 0.419 e. The highest BCUT2D eigenvalue weighted by Crippen LogP contribution is 2.31. The summed E-state index contributed by atoms with van der Waals surface area (Å²) in [5.74, 6) is -1.05. The Labute approximate surface area is 89.2 Å². The SMILES string of the molecule is Fc1cc(C=CCCl)ccc1C(F)(F)F. The third kappa shape index (κ3) is 3.23. The summed E-state index contributed by atoms with van der Waals surface area (Å²) in [6.45, 7) is 0. The van der Waals surface area contributed by atoms with Crippen LogP contribution in [0.2, 0.25) is 0 Å². The van der Waals surface area contributed by atoms with Gasteiger partial charge in [0, 0.05) is 5.88 Å². The standard InChI is InChI=1S/C10H7ClF4/c11-5-1-2-7-3-4-8(9(12)6-7)10(13,14)15/h1-4,6H,5H2. The summed E-state index contributed by atoms with van der Waals surface area (Å²) in [6.07, 6.45) is -1.68. The lowest BCUT2D eigenvalue weighted by molar-refractivity contribution is -0.140. The molecule has 0 amide bonds. The minimum atomic E-state index is -4.65. The molecule has 0 unspecified atom stereocenters. The van der Waals surface area contributed by atoms with Crippen LogP contribution in [0.5, 0.6) is 0 Å². The minimum absolute atomic E-state index is 0.225. The van der Waals surface area contributed by atoms with Crippen LogP contribution < -0.4 is 0 Å². The van der Waals surface area contributed by atoms with Crippen LogP contribution in [0.3, 0.4) is 0 Å². The number of rotatable bonds is 2. The van der Waals surface area contributed by atoms with Gasteiger partial charge in [0.2, 0.25) is 0 Å². The van der Waals surface area contributed by atoms with E-state index >= 15 is 0 Å². The highest BCUT2D eigenvalue weighted by molar-refractivity contribution is 6.19. The van der Waals surface area contributed by atoms with E-state index in [1.165, 1.54) is 18.2 Å². The second kappa shape index (κ2) is 4.66. The first-order chi connectivity index (χ1) is 6.95. The molecule has 1 aromatic carbocycles. The number of hydrogen-bond donors (Lipinski definition) is 0. The molecule has 0 bridgehead atoms. The van der Waals surface area contributed by atoms with Gasteiger partial charge in [0.05, 0.1) is 5.56 Å². The van der Waals surface area contributed by atoms with Gasteiger partial charge in [-0.3, -0.25) is 0 Å². The second-order valence-corrected chi connectivity index (χ2v) is 3.10. The van der Waals surface area contributed by atoms with E-state index in [1.807, 2.05) is 0 Å². The van der Waals surface area contributed by atoms with E-state index < -0.39 is 17.6 Å². The minimum Gasteiger partial charge on any atom is -0.206 e. The fourth-order valence-corrected chi connectivity index (χ4v) is 1.13. The van der Waals surface area contributed by atoms with Crippen molar-refractivity contribution in [2.24, 2.45) is 0 Å². The molecule has 0 nitrogen and oxygen atoms in total. The van der Waals surface area contributed by atoms with Crippen molar-refractivity contribution in [3.63, 3.8) is 0 Å². The van der Waals surface area contributed by atoms with Crippen LogP contribution in [0.25, 0.3) is 6.08 Å². The topological polar surface area (TPSA) is 0 Å². The average Bonchev–Trinajstić information content (AvgIpc) is 2.12. The molecule has 0 aliphatic heterocycles. The molecular formula is C10H7ClF4. The molecule has 5 heteroatoms. The summed E-state index contributed by atoms with van der Waals surface area (Å²) in [5, 5.41) is 0.